The van der Waals surface area contributed by atoms with Crippen molar-refractivity contribution in [3.8, 4) is 0 Å². The molecule has 1 aromatic rings. The van der Waals surface area contributed by atoms with Crippen LogP contribution in [0.3, 0.4) is 0 Å². The van der Waals surface area contributed by atoms with Crippen molar-refractivity contribution in [2.75, 3.05) is 33.5 Å². The zero-order valence-electron chi connectivity index (χ0n) is 19.9. The number of aromatic nitrogens is 2. The van der Waals surface area contributed by atoms with Crippen LogP contribution in [0.25, 0.3) is 0 Å². The smallest absolute Gasteiger partial charge is 0.333 e. The zero-order chi connectivity index (χ0) is 24.1. The van der Waals surface area contributed by atoms with Crippen molar-refractivity contribution >= 4 is 0 Å². The Morgan fingerprint density at radius 2 is 1.76 bits per heavy atom. The van der Waals surface area contributed by atoms with Crippen molar-refractivity contribution in [3.05, 3.63) is 32.6 Å². The highest BCUT2D eigenvalue weighted by Gasteiger charge is 2.49. The third-order valence-corrected chi connectivity index (χ3v) is 6.55. The fourth-order valence-electron chi connectivity index (χ4n) is 4.76. The largest absolute Gasteiger partial charge is 0.395 e. The van der Waals surface area contributed by atoms with E-state index in [4.69, 9.17) is 28.4 Å². The molecule has 6 atom stereocenters. The summed E-state index contributed by atoms with van der Waals surface area (Å²) in [6.45, 7) is 2.67. The van der Waals surface area contributed by atoms with Crippen LogP contribution in [0.2, 0.25) is 0 Å². The molecule has 0 amide bonds. The molecule has 4 heterocycles. The van der Waals surface area contributed by atoms with E-state index < -0.39 is 42.1 Å². The number of aliphatic hydroxyl groups is 1. The maximum absolute atomic E-state index is 13.2. The molecule has 11 heteroatoms. The highest BCUT2D eigenvalue weighted by atomic mass is 16.7. The van der Waals surface area contributed by atoms with Gasteiger partial charge >= 0.3 is 5.69 Å². The van der Waals surface area contributed by atoms with Crippen LogP contribution in [-0.2, 0) is 35.0 Å². The molecule has 0 bridgehead atoms. The van der Waals surface area contributed by atoms with Crippen LogP contribution in [0.15, 0.2) is 15.8 Å². The maximum Gasteiger partial charge on any atom is 0.333 e. The van der Waals surface area contributed by atoms with Gasteiger partial charge in [0.1, 0.15) is 18.3 Å². The van der Waals surface area contributed by atoms with Gasteiger partial charge in [-0.1, -0.05) is 0 Å². The molecular formula is C23H36N2O9. The van der Waals surface area contributed by atoms with Crippen LogP contribution in [0, 0.1) is 6.92 Å². The van der Waals surface area contributed by atoms with Crippen molar-refractivity contribution in [1.82, 2.24) is 9.13 Å². The first-order valence-corrected chi connectivity index (χ1v) is 12.2. The average Bonchev–Trinajstić information content (AvgIpc) is 3.20. The van der Waals surface area contributed by atoms with Crippen molar-refractivity contribution in [3.63, 3.8) is 0 Å². The van der Waals surface area contributed by atoms with E-state index in [1.165, 1.54) is 17.9 Å². The summed E-state index contributed by atoms with van der Waals surface area (Å²) >= 11 is 0. The molecule has 0 spiro atoms. The fourth-order valence-corrected chi connectivity index (χ4v) is 4.76. The first kappa shape index (κ1) is 25.5. The van der Waals surface area contributed by atoms with Crippen LogP contribution >= 0.6 is 0 Å². The number of aliphatic hydroxyl groups excluding tert-OH is 1. The normalized spacial score (nSPS) is 32.2. The van der Waals surface area contributed by atoms with Crippen molar-refractivity contribution in [1.29, 1.82) is 0 Å². The van der Waals surface area contributed by atoms with Gasteiger partial charge < -0.3 is 33.5 Å². The van der Waals surface area contributed by atoms with E-state index in [9.17, 15) is 14.7 Å². The summed E-state index contributed by atoms with van der Waals surface area (Å²) in [5, 5.41) is 9.35. The molecule has 0 radical (unpaired) electrons. The van der Waals surface area contributed by atoms with Gasteiger partial charge in [0.05, 0.1) is 19.8 Å². The second-order valence-corrected chi connectivity index (χ2v) is 8.97. The first-order chi connectivity index (χ1) is 16.5. The molecule has 1 N–H and O–H groups in total. The molecule has 3 saturated heterocycles. The van der Waals surface area contributed by atoms with Gasteiger partial charge in [-0.2, -0.15) is 0 Å². The van der Waals surface area contributed by atoms with Crippen LogP contribution in [0.5, 0.6) is 0 Å². The second kappa shape index (κ2) is 11.9. The summed E-state index contributed by atoms with van der Waals surface area (Å²) in [6.07, 6.45) is 3.78. The molecule has 11 nitrogen and oxygen atoms in total. The molecular weight excluding hydrogens is 448 g/mol. The third kappa shape index (κ3) is 5.62. The Morgan fingerprint density at radius 3 is 2.38 bits per heavy atom. The van der Waals surface area contributed by atoms with Gasteiger partial charge in [-0.05, 0) is 45.4 Å². The lowest BCUT2D eigenvalue weighted by Crippen LogP contribution is -2.46. The predicted molar refractivity (Wildman–Crippen MR) is 119 cm³/mol. The average molecular weight is 485 g/mol. The highest BCUT2D eigenvalue weighted by Crippen LogP contribution is 2.35. The van der Waals surface area contributed by atoms with Crippen molar-refractivity contribution in [2.45, 2.75) is 89.1 Å². The summed E-state index contributed by atoms with van der Waals surface area (Å²) in [5.41, 5.74) is -0.670. The molecule has 0 aliphatic carbocycles. The molecule has 1 aromatic heterocycles. The molecule has 3 aliphatic heterocycles. The second-order valence-electron chi connectivity index (χ2n) is 8.97. The first-order valence-electron chi connectivity index (χ1n) is 12.2. The number of nitrogens with zero attached hydrogens (tertiary/aromatic N) is 2. The highest BCUT2D eigenvalue weighted by molar-refractivity contribution is 5.05. The Hall–Kier alpha value is -1.60. The predicted octanol–water partition coefficient (Wildman–Crippen LogP) is 0.678. The van der Waals surface area contributed by atoms with E-state index in [-0.39, 0.29) is 26.0 Å². The quantitative estimate of drug-likeness (QED) is 0.539. The van der Waals surface area contributed by atoms with Gasteiger partial charge in [0.25, 0.3) is 5.56 Å². The van der Waals surface area contributed by atoms with Crippen LogP contribution in [0.4, 0.5) is 0 Å². The van der Waals surface area contributed by atoms with E-state index in [1.54, 1.807) is 6.92 Å². The number of hydrogen-bond acceptors (Lipinski definition) is 9. The fraction of sp³-hybridized carbons (Fsp3) is 0.826. The topological polar surface area (TPSA) is 120 Å². The molecule has 3 aliphatic rings. The van der Waals surface area contributed by atoms with Gasteiger partial charge in [0.15, 0.2) is 18.8 Å². The SMILES string of the molecule is COC1C(n2cc(C)c(=O)n(CCO)c2=O)OC(COC2CCCCO2)[C@H]1OC1CCCCO1. The number of rotatable bonds is 9. The summed E-state index contributed by atoms with van der Waals surface area (Å²) in [4.78, 5) is 25.6. The molecule has 4 rings (SSSR count). The zero-order valence-corrected chi connectivity index (χ0v) is 19.9. The maximum atomic E-state index is 13.2. The molecule has 3 fully saturated rings. The van der Waals surface area contributed by atoms with Gasteiger partial charge in [-0.25, -0.2) is 4.79 Å². The summed E-state index contributed by atoms with van der Waals surface area (Å²) in [6, 6.07) is 0. The van der Waals surface area contributed by atoms with Crippen molar-refractivity contribution in [2.24, 2.45) is 0 Å². The lowest BCUT2D eigenvalue weighted by Gasteiger charge is -2.31. The monoisotopic (exact) mass is 484 g/mol. The summed E-state index contributed by atoms with van der Waals surface area (Å²) in [7, 11) is 1.54. The van der Waals surface area contributed by atoms with Crippen LogP contribution in [0.1, 0.15) is 50.3 Å². The van der Waals surface area contributed by atoms with E-state index in [0.29, 0.717) is 18.8 Å². The van der Waals surface area contributed by atoms with Gasteiger partial charge in [0.2, 0.25) is 0 Å². The molecule has 5 unspecified atom stereocenters. The number of methoxy groups -OCH3 is 1. The Morgan fingerprint density at radius 1 is 1.06 bits per heavy atom. The van der Waals surface area contributed by atoms with E-state index in [1.807, 2.05) is 0 Å². The summed E-state index contributed by atoms with van der Waals surface area (Å²) in [5.74, 6) is 0. The van der Waals surface area contributed by atoms with E-state index in [0.717, 1.165) is 43.1 Å². The Bertz CT molecular complexity index is 905. The minimum Gasteiger partial charge on any atom is -0.395 e. The van der Waals surface area contributed by atoms with Crippen LogP contribution in [-0.4, -0.2) is 78.7 Å². The Kier molecular flexibility index (Phi) is 8.92. The van der Waals surface area contributed by atoms with Gasteiger partial charge in [-0.15, -0.1) is 0 Å². The number of hydrogen-bond donors (Lipinski definition) is 1. The minimum atomic E-state index is -0.851. The summed E-state index contributed by atoms with van der Waals surface area (Å²) < 4.78 is 38.2. The molecule has 0 saturated carbocycles. The van der Waals surface area contributed by atoms with Crippen LogP contribution < -0.4 is 11.2 Å². The minimum absolute atomic E-state index is 0.106. The van der Waals surface area contributed by atoms with Gasteiger partial charge in [-0.3, -0.25) is 13.9 Å². The van der Waals surface area contributed by atoms with E-state index >= 15 is 0 Å². The lowest BCUT2D eigenvalue weighted by atomic mass is 10.1. The molecule has 34 heavy (non-hydrogen) atoms. The van der Waals surface area contributed by atoms with E-state index in [2.05, 4.69) is 0 Å². The van der Waals surface area contributed by atoms with Crippen molar-refractivity contribution < 1.29 is 33.5 Å². The number of ether oxygens (including phenoxy) is 6. The Labute approximate surface area is 198 Å². The number of aryl methyl sites for hydroxylation is 1. The standard InChI is InChI=1S/C23H36N2O9/c1-15-13-25(23(28)24(9-10-26)21(15)27)22-20(29-2)19(34-18-8-4-6-12-31-18)16(33-22)14-32-17-7-3-5-11-30-17/h13,16-20,22,26H,3-12,14H2,1-2H3/t16?,17?,18?,19-,20?,22?/m1/s1. The molecule has 0 aromatic carbocycles. The lowest BCUT2D eigenvalue weighted by molar-refractivity contribution is -0.224. The molecule has 192 valence electrons. The Balaban J connectivity index is 1.60. The van der Waals surface area contributed by atoms with Gasteiger partial charge in [0, 0.05) is 32.1 Å². The third-order valence-electron chi connectivity index (χ3n) is 6.55.